The largest absolute Gasteiger partial charge is 0.341 e. The van der Waals surface area contributed by atoms with Crippen molar-refractivity contribution in [1.82, 2.24) is 15.1 Å². The zero-order chi connectivity index (χ0) is 18.4. The van der Waals surface area contributed by atoms with Crippen molar-refractivity contribution in [2.75, 3.05) is 26.2 Å². The Morgan fingerprint density at radius 1 is 1.32 bits per heavy atom. The lowest BCUT2D eigenvalue weighted by Gasteiger charge is -2.43. The van der Waals surface area contributed by atoms with Gasteiger partial charge in [0.15, 0.2) is 0 Å². The molecule has 3 fully saturated rings. The average Bonchev–Trinajstić information content (AvgIpc) is 3.05. The lowest BCUT2D eigenvalue weighted by atomic mass is 9.64. The Kier molecular flexibility index (Phi) is 4.56. The molecule has 1 saturated carbocycles. The fourth-order valence-electron chi connectivity index (χ4n) is 5.14. The third-order valence-electron chi connectivity index (χ3n) is 5.89. The quantitative estimate of drug-likeness (QED) is 0.740. The summed E-state index contributed by atoms with van der Waals surface area (Å²) >= 11 is 0. The summed E-state index contributed by atoms with van der Waals surface area (Å²) in [6.45, 7) is 8.05. The van der Waals surface area contributed by atoms with Crippen LogP contribution in [0.2, 0.25) is 0 Å². The summed E-state index contributed by atoms with van der Waals surface area (Å²) in [7, 11) is 0. The number of carbonyl (C=O) groups is 3. The third kappa shape index (κ3) is 3.38. The zero-order valence-electron chi connectivity index (χ0n) is 15.5. The molecule has 25 heavy (non-hydrogen) atoms. The van der Waals surface area contributed by atoms with Gasteiger partial charge in [-0.15, -0.1) is 0 Å². The molecule has 3 atom stereocenters. The van der Waals surface area contributed by atoms with Gasteiger partial charge >= 0.3 is 6.03 Å². The van der Waals surface area contributed by atoms with E-state index < -0.39 is 11.6 Å². The highest BCUT2D eigenvalue weighted by Crippen LogP contribution is 2.46. The van der Waals surface area contributed by atoms with Crippen molar-refractivity contribution in [1.29, 1.82) is 0 Å². The van der Waals surface area contributed by atoms with E-state index in [-0.39, 0.29) is 23.8 Å². The number of hydrogen-bond acceptors (Lipinski definition) is 4. The highest BCUT2D eigenvalue weighted by atomic mass is 16.2. The van der Waals surface area contributed by atoms with Crippen LogP contribution in [0, 0.1) is 17.3 Å². The first-order chi connectivity index (χ1) is 11.7. The number of urea groups is 1. The fourth-order valence-corrected chi connectivity index (χ4v) is 5.14. The van der Waals surface area contributed by atoms with Gasteiger partial charge in [-0.1, -0.05) is 20.8 Å². The summed E-state index contributed by atoms with van der Waals surface area (Å²) in [6, 6.07) is -0.433. The van der Waals surface area contributed by atoms with Crippen molar-refractivity contribution >= 4 is 17.8 Å². The Morgan fingerprint density at radius 2 is 2.04 bits per heavy atom. The van der Waals surface area contributed by atoms with Crippen LogP contribution in [0.1, 0.15) is 46.5 Å². The number of nitrogens with one attached hydrogen (secondary N) is 1. The van der Waals surface area contributed by atoms with Gasteiger partial charge in [0.05, 0.1) is 0 Å². The molecule has 0 radical (unpaired) electrons. The van der Waals surface area contributed by atoms with Crippen molar-refractivity contribution in [3.05, 3.63) is 0 Å². The molecule has 4 amide bonds. The Balaban J connectivity index is 1.70. The zero-order valence-corrected chi connectivity index (χ0v) is 15.5. The summed E-state index contributed by atoms with van der Waals surface area (Å²) < 4.78 is 0. The molecule has 0 aromatic rings. The molecule has 2 saturated heterocycles. The van der Waals surface area contributed by atoms with Crippen molar-refractivity contribution in [3.63, 3.8) is 0 Å². The van der Waals surface area contributed by atoms with Gasteiger partial charge in [0.2, 0.25) is 5.91 Å². The van der Waals surface area contributed by atoms with Crippen LogP contribution in [0.4, 0.5) is 4.79 Å². The second kappa shape index (κ2) is 6.27. The second-order valence-electron chi connectivity index (χ2n) is 8.99. The van der Waals surface area contributed by atoms with Crippen molar-refractivity contribution in [3.8, 4) is 0 Å². The number of amides is 4. The molecule has 3 N–H and O–H groups in total. The van der Waals surface area contributed by atoms with Gasteiger partial charge in [-0.25, -0.2) is 4.79 Å². The first-order valence-corrected chi connectivity index (χ1v) is 9.28. The number of likely N-dealkylation sites (tertiary alicyclic amines) is 1. The normalized spacial score (nSPS) is 34.7. The average molecular weight is 350 g/mol. The van der Waals surface area contributed by atoms with Crippen LogP contribution in [-0.4, -0.2) is 59.4 Å². The maximum Gasteiger partial charge on any atom is 0.325 e. The predicted molar refractivity (Wildman–Crippen MR) is 93.5 cm³/mol. The van der Waals surface area contributed by atoms with Crippen LogP contribution in [0.25, 0.3) is 0 Å². The molecule has 7 heteroatoms. The number of nitrogens with zero attached hydrogens (tertiary/aromatic N) is 2. The van der Waals surface area contributed by atoms with E-state index in [1.165, 1.54) is 0 Å². The molecule has 2 heterocycles. The van der Waals surface area contributed by atoms with Gasteiger partial charge in [-0.3, -0.25) is 14.5 Å². The molecule has 1 spiro atoms. The number of imide groups is 1. The Labute approximate surface area is 149 Å². The van der Waals surface area contributed by atoms with E-state index in [2.05, 4.69) is 26.1 Å². The van der Waals surface area contributed by atoms with E-state index in [4.69, 9.17) is 5.73 Å². The molecular weight excluding hydrogens is 320 g/mol. The minimum atomic E-state index is -0.844. The van der Waals surface area contributed by atoms with Gasteiger partial charge in [0.1, 0.15) is 12.1 Å². The molecule has 0 bridgehead atoms. The molecule has 3 rings (SSSR count). The SMILES string of the molecule is CC1CC(C)(C)CC2(C1)NC(=O)N(CC(=O)N1CCC(CN)C1)C2=O. The van der Waals surface area contributed by atoms with Gasteiger partial charge in [0.25, 0.3) is 5.91 Å². The maximum absolute atomic E-state index is 13.0. The number of nitrogens with two attached hydrogens (primary N) is 1. The van der Waals surface area contributed by atoms with Gasteiger partial charge < -0.3 is 16.0 Å². The summed E-state index contributed by atoms with van der Waals surface area (Å²) in [5.74, 6) is 0.269. The Morgan fingerprint density at radius 3 is 2.64 bits per heavy atom. The highest BCUT2D eigenvalue weighted by Gasteiger charge is 2.56. The summed E-state index contributed by atoms with van der Waals surface area (Å²) in [5.41, 5.74) is 4.82. The van der Waals surface area contributed by atoms with E-state index in [9.17, 15) is 14.4 Å². The van der Waals surface area contributed by atoms with Crippen LogP contribution in [0.3, 0.4) is 0 Å². The Hall–Kier alpha value is -1.63. The molecule has 2 aliphatic heterocycles. The van der Waals surface area contributed by atoms with E-state index in [0.717, 1.165) is 17.7 Å². The standard InChI is InChI=1S/C18H30N4O3/c1-12-6-17(2,3)11-18(7-12)15(24)22(16(25)20-18)10-14(23)21-5-4-13(8-19)9-21/h12-13H,4-11,19H2,1-3H3,(H,20,25). The van der Waals surface area contributed by atoms with Gasteiger partial charge in [-0.05, 0) is 49.5 Å². The molecule has 7 nitrogen and oxygen atoms in total. The molecule has 1 aliphatic carbocycles. The smallest absolute Gasteiger partial charge is 0.325 e. The Bertz CT molecular complexity index is 591. The van der Waals surface area contributed by atoms with E-state index in [1.807, 2.05) is 0 Å². The minimum Gasteiger partial charge on any atom is -0.341 e. The molecular formula is C18H30N4O3. The minimum absolute atomic E-state index is 0.00999. The fraction of sp³-hybridized carbons (Fsp3) is 0.833. The summed E-state index contributed by atoms with van der Waals surface area (Å²) in [4.78, 5) is 40.9. The van der Waals surface area contributed by atoms with Crippen molar-refractivity contribution < 1.29 is 14.4 Å². The second-order valence-corrected chi connectivity index (χ2v) is 8.99. The lowest BCUT2D eigenvalue weighted by molar-refractivity contribution is -0.140. The van der Waals surface area contributed by atoms with Crippen LogP contribution in [-0.2, 0) is 9.59 Å². The molecule has 3 unspecified atom stereocenters. The first kappa shape index (κ1) is 18.2. The van der Waals surface area contributed by atoms with E-state index in [0.29, 0.717) is 44.3 Å². The molecule has 140 valence electrons. The topological polar surface area (TPSA) is 95.7 Å². The van der Waals surface area contributed by atoms with Gasteiger partial charge in [-0.2, -0.15) is 0 Å². The molecule has 0 aromatic carbocycles. The van der Waals surface area contributed by atoms with E-state index >= 15 is 0 Å². The highest BCUT2D eigenvalue weighted by molar-refractivity contribution is 6.09. The van der Waals surface area contributed by atoms with Crippen LogP contribution in [0.15, 0.2) is 0 Å². The summed E-state index contributed by atoms with van der Waals surface area (Å²) in [5, 5.41) is 2.92. The van der Waals surface area contributed by atoms with Crippen LogP contribution in [0.5, 0.6) is 0 Å². The summed E-state index contributed by atoms with van der Waals surface area (Å²) in [6.07, 6.45) is 3.19. The van der Waals surface area contributed by atoms with Crippen molar-refractivity contribution in [2.45, 2.75) is 52.0 Å². The third-order valence-corrected chi connectivity index (χ3v) is 5.89. The number of rotatable bonds is 3. The number of hydrogen-bond donors (Lipinski definition) is 2. The van der Waals surface area contributed by atoms with Crippen molar-refractivity contribution in [2.24, 2.45) is 23.0 Å². The monoisotopic (exact) mass is 350 g/mol. The predicted octanol–water partition coefficient (Wildman–Crippen LogP) is 0.930. The van der Waals surface area contributed by atoms with Crippen LogP contribution >= 0.6 is 0 Å². The van der Waals surface area contributed by atoms with Crippen LogP contribution < -0.4 is 11.1 Å². The lowest BCUT2D eigenvalue weighted by Crippen LogP contribution is -2.54. The van der Waals surface area contributed by atoms with Gasteiger partial charge in [0, 0.05) is 13.1 Å². The molecule has 0 aromatic heterocycles. The number of carbonyl (C=O) groups excluding carboxylic acids is 3. The van der Waals surface area contributed by atoms with E-state index in [1.54, 1.807) is 4.90 Å². The maximum atomic E-state index is 13.0. The molecule has 3 aliphatic rings. The first-order valence-electron chi connectivity index (χ1n) is 9.28.